The molecule has 3 rings (SSSR count). The standard InChI is InChI=1S/C24H30N4O2/c1-4-5-15-28(2)16-14-25-24(29)21-17-23(27-22-9-7-6-8-20(21)22)26-18-10-12-19(30-3)13-11-18/h6-13,17H,4-5,14-16H2,1-3H3,(H,25,29)(H,26,27). The van der Waals surface area contributed by atoms with Crippen molar-refractivity contribution in [2.75, 3.05) is 39.1 Å². The molecule has 0 bridgehead atoms. The van der Waals surface area contributed by atoms with E-state index < -0.39 is 0 Å². The summed E-state index contributed by atoms with van der Waals surface area (Å²) in [5, 5.41) is 7.18. The molecule has 0 aliphatic rings. The molecule has 0 saturated carbocycles. The van der Waals surface area contributed by atoms with E-state index in [1.165, 1.54) is 12.8 Å². The highest BCUT2D eigenvalue weighted by Gasteiger charge is 2.13. The van der Waals surface area contributed by atoms with Crippen LogP contribution in [0.15, 0.2) is 54.6 Å². The highest BCUT2D eigenvalue weighted by molar-refractivity contribution is 6.07. The van der Waals surface area contributed by atoms with Crippen molar-refractivity contribution in [3.05, 3.63) is 60.2 Å². The summed E-state index contributed by atoms with van der Waals surface area (Å²) in [5.41, 5.74) is 2.27. The molecule has 0 aliphatic carbocycles. The zero-order chi connectivity index (χ0) is 21.3. The summed E-state index contributed by atoms with van der Waals surface area (Å²) in [5.74, 6) is 1.33. The molecule has 2 N–H and O–H groups in total. The number of likely N-dealkylation sites (N-methyl/N-ethyl adjacent to an activating group) is 1. The minimum Gasteiger partial charge on any atom is -0.497 e. The molecule has 0 radical (unpaired) electrons. The molecule has 0 aliphatic heterocycles. The van der Waals surface area contributed by atoms with Gasteiger partial charge in [0.15, 0.2) is 0 Å². The van der Waals surface area contributed by atoms with E-state index in [1.54, 1.807) is 7.11 Å². The van der Waals surface area contributed by atoms with E-state index in [9.17, 15) is 4.79 Å². The molecule has 0 atom stereocenters. The normalized spacial score (nSPS) is 10.9. The van der Waals surface area contributed by atoms with E-state index in [4.69, 9.17) is 4.74 Å². The summed E-state index contributed by atoms with van der Waals surface area (Å²) in [6.07, 6.45) is 2.34. The first-order valence-corrected chi connectivity index (χ1v) is 10.4. The van der Waals surface area contributed by atoms with Crippen molar-refractivity contribution in [3.63, 3.8) is 0 Å². The molecule has 0 unspecified atom stereocenters. The topological polar surface area (TPSA) is 66.5 Å². The van der Waals surface area contributed by atoms with Crippen LogP contribution >= 0.6 is 0 Å². The molecule has 30 heavy (non-hydrogen) atoms. The first-order valence-electron chi connectivity index (χ1n) is 10.4. The van der Waals surface area contributed by atoms with Crippen LogP contribution in [0.1, 0.15) is 30.1 Å². The fourth-order valence-electron chi connectivity index (χ4n) is 3.24. The van der Waals surface area contributed by atoms with Gasteiger partial charge < -0.3 is 20.3 Å². The minimum atomic E-state index is -0.0877. The van der Waals surface area contributed by atoms with E-state index in [0.717, 1.165) is 35.4 Å². The van der Waals surface area contributed by atoms with Gasteiger partial charge in [-0.1, -0.05) is 31.5 Å². The molecular weight excluding hydrogens is 376 g/mol. The summed E-state index contributed by atoms with van der Waals surface area (Å²) < 4.78 is 5.20. The van der Waals surface area contributed by atoms with Gasteiger partial charge in [0.2, 0.25) is 0 Å². The Morgan fingerprint density at radius 2 is 1.87 bits per heavy atom. The largest absolute Gasteiger partial charge is 0.497 e. The lowest BCUT2D eigenvalue weighted by atomic mass is 10.1. The summed E-state index contributed by atoms with van der Waals surface area (Å²) >= 11 is 0. The number of ether oxygens (including phenoxy) is 1. The third-order valence-electron chi connectivity index (χ3n) is 5.00. The Balaban J connectivity index is 1.76. The second kappa shape index (κ2) is 10.6. The van der Waals surface area contributed by atoms with Crippen molar-refractivity contribution in [3.8, 4) is 5.75 Å². The van der Waals surface area contributed by atoms with Gasteiger partial charge in [-0.25, -0.2) is 4.98 Å². The van der Waals surface area contributed by atoms with E-state index >= 15 is 0 Å². The number of para-hydroxylation sites is 1. The van der Waals surface area contributed by atoms with Crippen molar-refractivity contribution in [1.82, 2.24) is 15.2 Å². The summed E-state index contributed by atoms with van der Waals surface area (Å²) in [6, 6.07) is 17.1. The van der Waals surface area contributed by atoms with Gasteiger partial charge >= 0.3 is 0 Å². The van der Waals surface area contributed by atoms with Crippen LogP contribution in [-0.4, -0.2) is 49.6 Å². The van der Waals surface area contributed by atoms with Crippen molar-refractivity contribution < 1.29 is 9.53 Å². The summed E-state index contributed by atoms with van der Waals surface area (Å²) in [4.78, 5) is 19.8. The lowest BCUT2D eigenvalue weighted by molar-refractivity contribution is 0.0951. The van der Waals surface area contributed by atoms with Crippen LogP contribution in [0.5, 0.6) is 5.75 Å². The van der Waals surface area contributed by atoms with E-state index in [2.05, 4.69) is 34.5 Å². The highest BCUT2D eigenvalue weighted by atomic mass is 16.5. The van der Waals surface area contributed by atoms with Crippen LogP contribution in [0.25, 0.3) is 10.9 Å². The number of hydrogen-bond donors (Lipinski definition) is 2. The molecule has 3 aromatic rings. The number of carbonyl (C=O) groups excluding carboxylic acids is 1. The number of carbonyl (C=O) groups is 1. The number of nitrogens with zero attached hydrogens (tertiary/aromatic N) is 2. The average molecular weight is 407 g/mol. The number of unbranched alkanes of at least 4 members (excludes halogenated alkanes) is 1. The van der Waals surface area contributed by atoms with Crippen LogP contribution in [0, 0.1) is 0 Å². The van der Waals surface area contributed by atoms with Gasteiger partial charge in [0.05, 0.1) is 18.2 Å². The maximum atomic E-state index is 12.9. The molecule has 6 heteroatoms. The Morgan fingerprint density at radius 3 is 2.60 bits per heavy atom. The summed E-state index contributed by atoms with van der Waals surface area (Å²) in [7, 11) is 3.72. The van der Waals surface area contributed by atoms with Crippen molar-refractivity contribution in [2.24, 2.45) is 0 Å². The van der Waals surface area contributed by atoms with Crippen LogP contribution < -0.4 is 15.4 Å². The molecular formula is C24H30N4O2. The number of hydrogen-bond acceptors (Lipinski definition) is 5. The predicted molar refractivity (Wildman–Crippen MR) is 123 cm³/mol. The Bertz CT molecular complexity index is 973. The number of benzene rings is 2. The molecule has 158 valence electrons. The fraction of sp³-hybridized carbons (Fsp3) is 0.333. The summed E-state index contributed by atoms with van der Waals surface area (Å²) in [6.45, 7) is 4.66. The average Bonchev–Trinajstić information content (AvgIpc) is 2.77. The lowest BCUT2D eigenvalue weighted by Crippen LogP contribution is -2.33. The van der Waals surface area contributed by atoms with Crippen molar-refractivity contribution in [1.29, 1.82) is 0 Å². The monoisotopic (exact) mass is 406 g/mol. The van der Waals surface area contributed by atoms with E-state index in [0.29, 0.717) is 17.9 Å². The molecule has 6 nitrogen and oxygen atoms in total. The van der Waals surface area contributed by atoms with Gasteiger partial charge in [0.25, 0.3) is 5.91 Å². The smallest absolute Gasteiger partial charge is 0.252 e. The predicted octanol–water partition coefficient (Wildman–Crippen LogP) is 4.45. The number of rotatable bonds is 10. The Kier molecular flexibility index (Phi) is 7.63. The first-order chi connectivity index (χ1) is 14.6. The second-order valence-electron chi connectivity index (χ2n) is 7.34. The van der Waals surface area contributed by atoms with Crippen LogP contribution in [-0.2, 0) is 0 Å². The van der Waals surface area contributed by atoms with Crippen LogP contribution in [0.3, 0.4) is 0 Å². The quantitative estimate of drug-likeness (QED) is 0.521. The number of fused-ring (bicyclic) bond motifs is 1. The van der Waals surface area contributed by atoms with Gasteiger partial charge in [-0.3, -0.25) is 4.79 Å². The Labute approximate surface area is 178 Å². The number of amides is 1. The fourth-order valence-corrected chi connectivity index (χ4v) is 3.24. The Hall–Kier alpha value is -3.12. The maximum Gasteiger partial charge on any atom is 0.252 e. The number of aromatic nitrogens is 1. The molecule has 1 heterocycles. The maximum absolute atomic E-state index is 12.9. The van der Waals surface area contributed by atoms with Crippen molar-refractivity contribution in [2.45, 2.75) is 19.8 Å². The van der Waals surface area contributed by atoms with Gasteiger partial charge in [0.1, 0.15) is 11.6 Å². The molecule has 0 spiro atoms. The third-order valence-corrected chi connectivity index (χ3v) is 5.00. The number of methoxy groups -OCH3 is 1. The van der Waals surface area contributed by atoms with Crippen LogP contribution in [0.2, 0.25) is 0 Å². The number of pyridine rings is 1. The third kappa shape index (κ3) is 5.70. The van der Waals surface area contributed by atoms with Crippen LogP contribution in [0.4, 0.5) is 11.5 Å². The second-order valence-corrected chi connectivity index (χ2v) is 7.34. The van der Waals surface area contributed by atoms with Gasteiger partial charge in [-0.2, -0.15) is 0 Å². The SMILES string of the molecule is CCCCN(C)CCNC(=O)c1cc(Nc2ccc(OC)cc2)nc2ccccc12. The lowest BCUT2D eigenvalue weighted by Gasteiger charge is -2.17. The zero-order valence-electron chi connectivity index (χ0n) is 17.9. The van der Waals surface area contributed by atoms with Gasteiger partial charge in [-0.05, 0) is 56.4 Å². The van der Waals surface area contributed by atoms with Gasteiger partial charge in [-0.15, -0.1) is 0 Å². The van der Waals surface area contributed by atoms with Crippen molar-refractivity contribution >= 4 is 28.3 Å². The zero-order valence-corrected chi connectivity index (χ0v) is 17.9. The Morgan fingerprint density at radius 1 is 1.10 bits per heavy atom. The molecule has 0 fully saturated rings. The molecule has 2 aromatic carbocycles. The van der Waals surface area contributed by atoms with E-state index in [-0.39, 0.29) is 5.91 Å². The van der Waals surface area contributed by atoms with E-state index in [1.807, 2.05) is 54.6 Å². The molecule has 1 amide bonds. The number of nitrogens with one attached hydrogen (secondary N) is 2. The number of anilines is 2. The molecule has 1 aromatic heterocycles. The highest BCUT2D eigenvalue weighted by Crippen LogP contribution is 2.24. The van der Waals surface area contributed by atoms with Gasteiger partial charge in [0, 0.05) is 24.2 Å². The first kappa shape index (κ1) is 21.6. The minimum absolute atomic E-state index is 0.0877. The molecule has 0 saturated heterocycles.